The van der Waals surface area contributed by atoms with E-state index in [2.05, 4.69) is 0 Å². The number of hydroxylamine groups is 2. The highest BCUT2D eigenvalue weighted by Gasteiger charge is 2.48. The molecule has 1 aromatic rings. The summed E-state index contributed by atoms with van der Waals surface area (Å²) >= 11 is 0. The van der Waals surface area contributed by atoms with E-state index in [1.807, 2.05) is 0 Å². The maximum absolute atomic E-state index is 12.4. The Bertz CT molecular complexity index is 771. The molecule has 1 aromatic carbocycles. The normalized spacial score (nSPS) is 18.7. The van der Waals surface area contributed by atoms with Crippen molar-refractivity contribution < 1.29 is 31.2 Å². The predicted octanol–water partition coefficient (Wildman–Crippen LogP) is 2.03. The molecule has 0 spiro atoms. The van der Waals surface area contributed by atoms with E-state index < -0.39 is 37.7 Å². The lowest BCUT2D eigenvalue weighted by Crippen LogP contribution is -2.40. The largest absolute Gasteiger partial charge is 0.754 e. The molecule has 0 unspecified atom stereocenters. The predicted molar refractivity (Wildman–Crippen MR) is 71.8 cm³/mol. The van der Waals surface area contributed by atoms with E-state index in [1.165, 1.54) is 13.8 Å². The second-order valence-corrected chi connectivity index (χ2v) is 7.16. The molecule has 23 heavy (non-hydrogen) atoms. The van der Waals surface area contributed by atoms with Crippen molar-refractivity contribution >= 4 is 27.5 Å². The molecular weight excluding hydrogens is 341 g/mol. The number of imide groups is 1. The zero-order valence-corrected chi connectivity index (χ0v) is 12.6. The van der Waals surface area contributed by atoms with E-state index in [-0.39, 0.29) is 10.8 Å². The Morgan fingerprint density at radius 1 is 1.09 bits per heavy atom. The Kier molecular flexibility index (Phi) is 3.69. The van der Waals surface area contributed by atoms with Crippen LogP contribution in [0.3, 0.4) is 0 Å². The number of hydrogen-bond donors (Lipinski definition) is 0. The Labute approximate surface area is 128 Å². The molecule has 1 saturated heterocycles. The van der Waals surface area contributed by atoms with Crippen LogP contribution in [0.2, 0.25) is 0 Å². The molecule has 0 bridgehead atoms. The van der Waals surface area contributed by atoms with Gasteiger partial charge >= 0.3 is 11.5 Å². The fraction of sp³-hybridized carbons (Fsp3) is 0.333. The number of carbonyl (C=O) groups excluding carboxylic acids is 2. The lowest BCUT2D eigenvalue weighted by molar-refractivity contribution is -0.122. The van der Waals surface area contributed by atoms with Crippen LogP contribution < -0.4 is 4.90 Å². The fourth-order valence-electron chi connectivity index (χ4n) is 1.91. The number of benzene rings is 1. The maximum Gasteiger partial charge on any atom is 0.501 e. The summed E-state index contributed by atoms with van der Waals surface area (Å²) in [4.78, 5) is 23.3. The highest BCUT2D eigenvalue weighted by atomic mass is 32.2. The SMILES string of the molecule is CC1(C)C(=O)N(c2ccc(S(=O)(=O)C(F)(F)F)cc2)C(=O)N1[O-]. The van der Waals surface area contributed by atoms with Crippen LogP contribution in [-0.4, -0.2) is 36.5 Å². The number of alkyl halides is 3. The topological polar surface area (TPSA) is 97.8 Å². The van der Waals surface area contributed by atoms with Crippen LogP contribution in [0.15, 0.2) is 29.2 Å². The average Bonchev–Trinajstić information content (AvgIpc) is 2.59. The molecule has 0 atom stereocenters. The average molecular weight is 351 g/mol. The molecule has 3 amide bonds. The number of amides is 3. The van der Waals surface area contributed by atoms with E-state index in [0.29, 0.717) is 17.0 Å². The number of sulfone groups is 1. The van der Waals surface area contributed by atoms with Gasteiger partial charge in [0.1, 0.15) is 5.54 Å². The highest BCUT2D eigenvalue weighted by molar-refractivity contribution is 7.92. The summed E-state index contributed by atoms with van der Waals surface area (Å²) in [5, 5.41) is 11.6. The van der Waals surface area contributed by atoms with Crippen molar-refractivity contribution in [3.63, 3.8) is 0 Å². The molecule has 0 aromatic heterocycles. The lowest BCUT2D eigenvalue weighted by atomic mass is 10.1. The second-order valence-electron chi connectivity index (χ2n) is 5.22. The van der Waals surface area contributed by atoms with E-state index in [0.717, 1.165) is 12.1 Å². The van der Waals surface area contributed by atoms with Crippen molar-refractivity contribution in [1.82, 2.24) is 5.06 Å². The molecule has 0 N–H and O–H groups in total. The van der Waals surface area contributed by atoms with Gasteiger partial charge in [0.05, 0.1) is 10.6 Å². The third kappa shape index (κ3) is 2.45. The molecule has 126 valence electrons. The molecule has 1 heterocycles. The van der Waals surface area contributed by atoms with Crippen molar-refractivity contribution in [2.75, 3.05) is 4.90 Å². The number of halogens is 3. The summed E-state index contributed by atoms with van der Waals surface area (Å²) < 4.78 is 59.8. The monoisotopic (exact) mass is 351 g/mol. The molecule has 1 aliphatic heterocycles. The van der Waals surface area contributed by atoms with Crippen LogP contribution in [0.5, 0.6) is 0 Å². The number of carbonyl (C=O) groups is 2. The zero-order valence-electron chi connectivity index (χ0n) is 11.8. The van der Waals surface area contributed by atoms with E-state index >= 15 is 0 Å². The standard InChI is InChI=1S/C12H10F3N2O5S/c1-11(2)9(18)16(10(19)17(11)20)7-3-5-8(6-4-7)23(21,22)12(13,14)15/h3-6H,1-2H3/q-1. The van der Waals surface area contributed by atoms with E-state index in [9.17, 15) is 36.4 Å². The van der Waals surface area contributed by atoms with Crippen molar-refractivity contribution in [2.45, 2.75) is 29.8 Å². The molecule has 0 radical (unpaired) electrons. The van der Waals surface area contributed by atoms with Crippen molar-refractivity contribution in [2.24, 2.45) is 0 Å². The molecule has 1 fully saturated rings. The van der Waals surface area contributed by atoms with Crippen LogP contribution in [0.4, 0.5) is 23.7 Å². The van der Waals surface area contributed by atoms with Gasteiger partial charge in [0.15, 0.2) is 0 Å². The number of rotatable bonds is 2. The molecule has 0 saturated carbocycles. The number of hydrogen-bond acceptors (Lipinski definition) is 5. The van der Waals surface area contributed by atoms with E-state index in [4.69, 9.17) is 0 Å². The Morgan fingerprint density at radius 2 is 1.57 bits per heavy atom. The summed E-state index contributed by atoms with van der Waals surface area (Å²) in [7, 11) is -5.54. The minimum Gasteiger partial charge on any atom is -0.754 e. The van der Waals surface area contributed by atoms with Gasteiger partial charge in [0, 0.05) is 0 Å². The van der Waals surface area contributed by atoms with Gasteiger partial charge in [0.25, 0.3) is 15.7 Å². The molecule has 2 rings (SSSR count). The smallest absolute Gasteiger partial charge is 0.501 e. The fourth-order valence-corrected chi connectivity index (χ4v) is 2.67. The number of anilines is 1. The summed E-state index contributed by atoms with van der Waals surface area (Å²) in [5.74, 6) is -0.871. The van der Waals surface area contributed by atoms with Crippen molar-refractivity contribution in [1.29, 1.82) is 0 Å². The number of nitrogens with zero attached hydrogens (tertiary/aromatic N) is 2. The second kappa shape index (κ2) is 4.93. The van der Waals surface area contributed by atoms with Crippen LogP contribution in [0, 0.1) is 5.21 Å². The van der Waals surface area contributed by atoms with Gasteiger partial charge in [-0.25, -0.2) is 18.1 Å². The molecule has 0 aliphatic carbocycles. The minimum atomic E-state index is -5.54. The van der Waals surface area contributed by atoms with Crippen molar-refractivity contribution in [3.05, 3.63) is 29.5 Å². The summed E-state index contributed by atoms with van der Waals surface area (Å²) in [6, 6.07) is 1.72. The Balaban J connectivity index is 2.43. The quantitative estimate of drug-likeness (QED) is 0.759. The van der Waals surface area contributed by atoms with E-state index in [1.54, 1.807) is 0 Å². The summed E-state index contributed by atoms with van der Waals surface area (Å²) in [6.07, 6.45) is 0. The van der Waals surface area contributed by atoms with Gasteiger partial charge in [0.2, 0.25) is 0 Å². The van der Waals surface area contributed by atoms with Gasteiger partial charge in [-0.3, -0.25) is 4.79 Å². The Morgan fingerprint density at radius 3 is 1.91 bits per heavy atom. The summed E-state index contributed by atoms with van der Waals surface area (Å²) in [5.41, 5.74) is -7.33. The lowest BCUT2D eigenvalue weighted by Gasteiger charge is -2.32. The summed E-state index contributed by atoms with van der Waals surface area (Å²) in [6.45, 7) is 2.42. The van der Waals surface area contributed by atoms with Gasteiger partial charge in [-0.15, -0.1) is 0 Å². The first-order chi connectivity index (χ1) is 10.3. The van der Waals surface area contributed by atoms with Gasteiger partial charge in [-0.2, -0.15) is 13.2 Å². The first-order valence-corrected chi connectivity index (χ1v) is 7.57. The van der Waals surface area contributed by atoms with Gasteiger partial charge in [-0.1, -0.05) is 0 Å². The third-order valence-electron chi connectivity index (χ3n) is 3.31. The van der Waals surface area contributed by atoms with Crippen LogP contribution in [-0.2, 0) is 14.6 Å². The number of urea groups is 1. The van der Waals surface area contributed by atoms with Crippen molar-refractivity contribution in [3.8, 4) is 0 Å². The van der Waals surface area contributed by atoms with Crippen LogP contribution >= 0.6 is 0 Å². The first-order valence-electron chi connectivity index (χ1n) is 6.09. The van der Waals surface area contributed by atoms with Crippen LogP contribution in [0.25, 0.3) is 0 Å². The minimum absolute atomic E-state index is 0.0598. The third-order valence-corrected chi connectivity index (χ3v) is 4.81. The first kappa shape index (κ1) is 17.2. The zero-order chi connectivity index (χ0) is 17.8. The molecule has 7 nitrogen and oxygen atoms in total. The Hall–Kier alpha value is -2.14. The van der Waals surface area contributed by atoms with Crippen LogP contribution in [0.1, 0.15) is 13.8 Å². The molecular formula is C12H10F3N2O5S-. The molecule has 11 heteroatoms. The van der Waals surface area contributed by atoms with Gasteiger partial charge in [-0.05, 0) is 38.1 Å². The van der Waals surface area contributed by atoms with Gasteiger partial charge < -0.3 is 10.3 Å². The highest BCUT2D eigenvalue weighted by Crippen LogP contribution is 2.34. The maximum atomic E-state index is 12.4. The molecule has 1 aliphatic rings.